The highest BCUT2D eigenvalue weighted by Gasteiger charge is 2.26. The van der Waals surface area contributed by atoms with E-state index in [0.717, 1.165) is 31.7 Å². The van der Waals surface area contributed by atoms with Crippen LogP contribution in [0.3, 0.4) is 0 Å². The Bertz CT molecular complexity index is 469. The number of hydrogen-bond donors (Lipinski definition) is 0. The van der Waals surface area contributed by atoms with E-state index in [1.165, 1.54) is 5.56 Å². The second-order valence-corrected chi connectivity index (χ2v) is 5.42. The molecule has 0 aromatic heterocycles. The van der Waals surface area contributed by atoms with E-state index in [1.54, 1.807) is 6.08 Å². The third-order valence-corrected chi connectivity index (χ3v) is 3.65. The molecule has 0 amide bonds. The molecule has 1 heterocycles. The molecular formula is C17H23NO3. The van der Waals surface area contributed by atoms with Gasteiger partial charge in [-0.1, -0.05) is 24.8 Å². The molecule has 0 aliphatic carbocycles. The number of carbonyl (C=O) groups is 1. The standard InChI is InChI=1S/C17H23NO3/c1-3-11-20-16-6-4-14(5-7-16)13-18(2)10-8-15-9-12-21-17(15)19/h3-7,15H,1,8-13H2,2H3/t15-/m1/s1. The first-order valence-electron chi connectivity index (χ1n) is 7.37. The average Bonchev–Trinajstić information content (AvgIpc) is 2.90. The molecule has 1 aliphatic rings. The maximum Gasteiger partial charge on any atom is 0.309 e. The van der Waals surface area contributed by atoms with E-state index in [2.05, 4.69) is 30.7 Å². The van der Waals surface area contributed by atoms with Crippen molar-refractivity contribution in [2.75, 3.05) is 26.8 Å². The zero-order valence-electron chi connectivity index (χ0n) is 12.6. The lowest BCUT2D eigenvalue weighted by atomic mass is 10.0. The maximum absolute atomic E-state index is 11.4. The van der Waals surface area contributed by atoms with E-state index in [4.69, 9.17) is 9.47 Å². The van der Waals surface area contributed by atoms with Gasteiger partial charge in [0, 0.05) is 6.54 Å². The predicted octanol–water partition coefficient (Wildman–Crippen LogP) is 2.64. The summed E-state index contributed by atoms with van der Waals surface area (Å²) in [5.41, 5.74) is 1.23. The Morgan fingerprint density at radius 1 is 1.43 bits per heavy atom. The number of nitrogens with zero attached hydrogens (tertiary/aromatic N) is 1. The van der Waals surface area contributed by atoms with E-state index in [0.29, 0.717) is 13.2 Å². The molecule has 1 saturated heterocycles. The molecule has 0 radical (unpaired) electrons. The van der Waals surface area contributed by atoms with Crippen molar-refractivity contribution in [1.82, 2.24) is 4.90 Å². The molecular weight excluding hydrogens is 266 g/mol. The molecule has 2 rings (SSSR count). The largest absolute Gasteiger partial charge is 0.490 e. The summed E-state index contributed by atoms with van der Waals surface area (Å²) >= 11 is 0. The fraction of sp³-hybridized carbons (Fsp3) is 0.471. The summed E-state index contributed by atoms with van der Waals surface area (Å²) in [5.74, 6) is 0.907. The van der Waals surface area contributed by atoms with Gasteiger partial charge in [0.15, 0.2) is 0 Å². The monoisotopic (exact) mass is 289 g/mol. The van der Waals surface area contributed by atoms with E-state index in [9.17, 15) is 4.79 Å². The number of rotatable bonds is 8. The van der Waals surface area contributed by atoms with Gasteiger partial charge in [-0.2, -0.15) is 0 Å². The molecule has 0 spiro atoms. The van der Waals surface area contributed by atoms with Crippen LogP contribution in [0.1, 0.15) is 18.4 Å². The second kappa shape index (κ2) is 7.84. The number of cyclic esters (lactones) is 1. The van der Waals surface area contributed by atoms with Crippen molar-refractivity contribution in [3.05, 3.63) is 42.5 Å². The zero-order valence-corrected chi connectivity index (χ0v) is 12.6. The van der Waals surface area contributed by atoms with E-state index >= 15 is 0 Å². The van der Waals surface area contributed by atoms with Gasteiger partial charge in [-0.3, -0.25) is 4.79 Å². The molecule has 0 N–H and O–H groups in total. The van der Waals surface area contributed by atoms with Crippen LogP contribution in [0.5, 0.6) is 5.75 Å². The van der Waals surface area contributed by atoms with Gasteiger partial charge in [0.2, 0.25) is 0 Å². The smallest absolute Gasteiger partial charge is 0.309 e. The Morgan fingerprint density at radius 2 is 2.19 bits per heavy atom. The van der Waals surface area contributed by atoms with Crippen molar-refractivity contribution in [1.29, 1.82) is 0 Å². The van der Waals surface area contributed by atoms with Gasteiger partial charge >= 0.3 is 5.97 Å². The minimum absolute atomic E-state index is 0.0351. The van der Waals surface area contributed by atoms with Crippen LogP contribution in [-0.4, -0.2) is 37.7 Å². The van der Waals surface area contributed by atoms with Crippen LogP contribution in [0, 0.1) is 5.92 Å². The van der Waals surface area contributed by atoms with Gasteiger partial charge in [0.1, 0.15) is 12.4 Å². The summed E-state index contributed by atoms with van der Waals surface area (Å²) in [6, 6.07) is 8.08. The van der Waals surface area contributed by atoms with Crippen LogP contribution in [0.25, 0.3) is 0 Å². The Balaban J connectivity index is 1.75. The predicted molar refractivity (Wildman–Crippen MR) is 82.2 cm³/mol. The van der Waals surface area contributed by atoms with Crippen LogP contribution >= 0.6 is 0 Å². The lowest BCUT2D eigenvalue weighted by molar-refractivity contribution is -0.141. The minimum atomic E-state index is -0.0351. The van der Waals surface area contributed by atoms with Gasteiger partial charge in [-0.15, -0.1) is 0 Å². The summed E-state index contributed by atoms with van der Waals surface area (Å²) in [6.07, 6.45) is 3.47. The highest BCUT2D eigenvalue weighted by molar-refractivity contribution is 5.74. The van der Waals surface area contributed by atoms with E-state index in [1.807, 2.05) is 12.1 Å². The van der Waals surface area contributed by atoms with E-state index < -0.39 is 0 Å². The molecule has 1 aromatic rings. The minimum Gasteiger partial charge on any atom is -0.490 e. The van der Waals surface area contributed by atoms with Crippen LogP contribution in [-0.2, 0) is 16.1 Å². The molecule has 1 aliphatic heterocycles. The van der Waals surface area contributed by atoms with Gasteiger partial charge in [0.25, 0.3) is 0 Å². The van der Waals surface area contributed by atoms with Crippen LogP contribution in [0.2, 0.25) is 0 Å². The first-order chi connectivity index (χ1) is 10.2. The first-order valence-corrected chi connectivity index (χ1v) is 7.37. The van der Waals surface area contributed by atoms with Crippen LogP contribution in [0.15, 0.2) is 36.9 Å². The van der Waals surface area contributed by atoms with Crippen molar-refractivity contribution in [2.24, 2.45) is 5.92 Å². The van der Waals surface area contributed by atoms with Gasteiger partial charge < -0.3 is 14.4 Å². The topological polar surface area (TPSA) is 38.8 Å². The Hall–Kier alpha value is -1.81. The third-order valence-electron chi connectivity index (χ3n) is 3.65. The number of ether oxygens (including phenoxy) is 2. The molecule has 4 heteroatoms. The molecule has 0 saturated carbocycles. The van der Waals surface area contributed by atoms with Crippen molar-refractivity contribution in [3.63, 3.8) is 0 Å². The van der Waals surface area contributed by atoms with E-state index in [-0.39, 0.29) is 11.9 Å². The number of esters is 1. The quantitative estimate of drug-likeness (QED) is 0.545. The summed E-state index contributed by atoms with van der Waals surface area (Å²) in [4.78, 5) is 13.6. The van der Waals surface area contributed by atoms with Crippen molar-refractivity contribution in [3.8, 4) is 5.75 Å². The fourth-order valence-corrected chi connectivity index (χ4v) is 2.41. The summed E-state index contributed by atoms with van der Waals surface area (Å²) < 4.78 is 10.4. The number of carbonyl (C=O) groups excluding carboxylic acids is 1. The Morgan fingerprint density at radius 3 is 2.81 bits per heavy atom. The maximum atomic E-state index is 11.4. The van der Waals surface area contributed by atoms with Crippen LogP contribution in [0.4, 0.5) is 0 Å². The fourth-order valence-electron chi connectivity index (χ4n) is 2.41. The normalized spacial score (nSPS) is 17.8. The summed E-state index contributed by atoms with van der Waals surface area (Å²) in [7, 11) is 2.07. The second-order valence-electron chi connectivity index (χ2n) is 5.42. The molecule has 114 valence electrons. The molecule has 1 aromatic carbocycles. The zero-order chi connectivity index (χ0) is 15.1. The lowest BCUT2D eigenvalue weighted by Crippen LogP contribution is -2.22. The first kappa shape index (κ1) is 15.6. The highest BCUT2D eigenvalue weighted by Crippen LogP contribution is 2.19. The molecule has 21 heavy (non-hydrogen) atoms. The molecule has 4 nitrogen and oxygen atoms in total. The van der Waals surface area contributed by atoms with Gasteiger partial charge in [-0.25, -0.2) is 0 Å². The van der Waals surface area contributed by atoms with Crippen molar-refractivity contribution in [2.45, 2.75) is 19.4 Å². The lowest BCUT2D eigenvalue weighted by Gasteiger charge is -2.18. The molecule has 1 atom stereocenters. The van der Waals surface area contributed by atoms with Crippen molar-refractivity contribution < 1.29 is 14.3 Å². The van der Waals surface area contributed by atoms with Gasteiger partial charge in [0.05, 0.1) is 12.5 Å². The molecule has 0 bridgehead atoms. The summed E-state index contributed by atoms with van der Waals surface area (Å²) in [5, 5.41) is 0. The SMILES string of the molecule is C=CCOc1ccc(CN(C)CC[C@@H]2CCOC2=O)cc1. The Labute approximate surface area is 126 Å². The van der Waals surface area contributed by atoms with Crippen LogP contribution < -0.4 is 4.74 Å². The van der Waals surface area contributed by atoms with Gasteiger partial charge in [-0.05, 0) is 44.1 Å². The molecule has 1 fully saturated rings. The summed E-state index contributed by atoms with van der Waals surface area (Å²) in [6.45, 7) is 6.50. The molecule has 0 unspecified atom stereocenters. The average molecular weight is 289 g/mol. The number of hydrogen-bond acceptors (Lipinski definition) is 4. The Kier molecular flexibility index (Phi) is 5.81. The third kappa shape index (κ3) is 4.90. The highest BCUT2D eigenvalue weighted by atomic mass is 16.5. The van der Waals surface area contributed by atoms with Crippen molar-refractivity contribution >= 4 is 5.97 Å². The number of benzene rings is 1.